The zero-order chi connectivity index (χ0) is 9.84. The molecule has 1 aliphatic carbocycles. The molecule has 0 heterocycles. The fraction of sp³-hybridized carbons (Fsp3) is 0.400. The molecule has 0 aliphatic heterocycles. The summed E-state index contributed by atoms with van der Waals surface area (Å²) in [6.45, 7) is 3.81. The first-order valence-corrected chi connectivity index (χ1v) is 3.95. The largest absolute Gasteiger partial charge is 0.498 e. The maximum atomic E-state index is 5.22. The second-order valence-corrected chi connectivity index (χ2v) is 2.69. The molecule has 0 N–H and O–H groups in total. The van der Waals surface area contributed by atoms with Gasteiger partial charge in [0.15, 0.2) is 6.10 Å². The molecule has 0 aromatic rings. The van der Waals surface area contributed by atoms with Crippen molar-refractivity contribution in [3.63, 3.8) is 0 Å². The molecule has 0 atom stereocenters. The summed E-state index contributed by atoms with van der Waals surface area (Å²) in [5.41, 5.74) is 0.849. The van der Waals surface area contributed by atoms with Gasteiger partial charge >= 0.3 is 0 Å². The van der Waals surface area contributed by atoms with Crippen molar-refractivity contribution in [3.05, 3.63) is 35.8 Å². The number of ether oxygens (including phenoxy) is 3. The van der Waals surface area contributed by atoms with E-state index in [0.29, 0.717) is 11.5 Å². The Kier molecular flexibility index (Phi) is 3.14. The van der Waals surface area contributed by atoms with E-state index >= 15 is 0 Å². The Labute approximate surface area is 78.3 Å². The number of hydrogen-bond donors (Lipinski definition) is 0. The first kappa shape index (κ1) is 9.86. The van der Waals surface area contributed by atoms with Crippen molar-refractivity contribution in [3.8, 4) is 0 Å². The molecule has 0 saturated heterocycles. The van der Waals surface area contributed by atoms with Gasteiger partial charge in [0, 0.05) is 7.11 Å². The molecule has 0 spiro atoms. The van der Waals surface area contributed by atoms with Crippen LogP contribution >= 0.6 is 0 Å². The van der Waals surface area contributed by atoms with Crippen molar-refractivity contribution in [2.24, 2.45) is 0 Å². The van der Waals surface area contributed by atoms with Crippen LogP contribution in [0.2, 0.25) is 0 Å². The van der Waals surface area contributed by atoms with Gasteiger partial charge in [0.25, 0.3) is 0 Å². The summed E-state index contributed by atoms with van der Waals surface area (Å²) in [7, 11) is 4.81. The van der Waals surface area contributed by atoms with E-state index < -0.39 is 0 Å². The summed E-state index contributed by atoms with van der Waals surface area (Å²) in [5.74, 6) is 1.43. The molecule has 0 unspecified atom stereocenters. The molecule has 1 aliphatic rings. The highest BCUT2D eigenvalue weighted by molar-refractivity contribution is 5.39. The van der Waals surface area contributed by atoms with Gasteiger partial charge in [-0.05, 0) is 17.7 Å². The average Bonchev–Trinajstić information content (AvgIpc) is 2.16. The minimum atomic E-state index is -0.250. The number of rotatable bonds is 3. The Morgan fingerprint density at radius 2 is 1.54 bits per heavy atom. The van der Waals surface area contributed by atoms with Gasteiger partial charge in [-0.2, -0.15) is 0 Å². The van der Waals surface area contributed by atoms with Crippen LogP contribution in [0.4, 0.5) is 0 Å². The second kappa shape index (κ2) is 4.14. The van der Waals surface area contributed by atoms with Crippen molar-refractivity contribution in [2.75, 3.05) is 21.3 Å². The smallest absolute Gasteiger partial charge is 0.171 e. The first-order valence-electron chi connectivity index (χ1n) is 3.95. The van der Waals surface area contributed by atoms with Gasteiger partial charge in [-0.25, -0.2) is 0 Å². The second-order valence-electron chi connectivity index (χ2n) is 2.69. The van der Waals surface area contributed by atoms with Gasteiger partial charge in [-0.1, -0.05) is 6.58 Å². The summed E-state index contributed by atoms with van der Waals surface area (Å²) in [4.78, 5) is 0. The quantitative estimate of drug-likeness (QED) is 0.664. The fourth-order valence-electron chi connectivity index (χ4n) is 1.26. The van der Waals surface area contributed by atoms with E-state index in [2.05, 4.69) is 6.58 Å². The van der Waals surface area contributed by atoms with E-state index in [9.17, 15) is 0 Å². The van der Waals surface area contributed by atoms with E-state index in [1.165, 1.54) is 0 Å². The van der Waals surface area contributed by atoms with Crippen molar-refractivity contribution in [2.45, 2.75) is 6.10 Å². The standard InChI is InChI=1S/C10H14O3/c1-7-5-8(11-2)10(13-4)9(6-7)12-3/h5-6,10H,1H2,2-4H3. The zero-order valence-electron chi connectivity index (χ0n) is 8.16. The minimum Gasteiger partial charge on any atom is -0.498 e. The van der Waals surface area contributed by atoms with Crippen LogP contribution in [0.15, 0.2) is 35.8 Å². The third-order valence-corrected chi connectivity index (χ3v) is 1.88. The minimum absolute atomic E-state index is 0.250. The molecule has 0 aromatic carbocycles. The van der Waals surface area contributed by atoms with E-state index in [1.54, 1.807) is 21.3 Å². The lowest BCUT2D eigenvalue weighted by molar-refractivity contribution is 0.0602. The highest BCUT2D eigenvalue weighted by Crippen LogP contribution is 2.24. The van der Waals surface area contributed by atoms with Gasteiger partial charge < -0.3 is 14.2 Å². The molecule has 72 valence electrons. The van der Waals surface area contributed by atoms with Gasteiger partial charge in [-0.15, -0.1) is 0 Å². The summed E-state index contributed by atoms with van der Waals surface area (Å²) < 4.78 is 15.5. The molecule has 1 rings (SSSR count). The van der Waals surface area contributed by atoms with Crippen LogP contribution in [0.5, 0.6) is 0 Å². The summed E-state index contributed by atoms with van der Waals surface area (Å²) >= 11 is 0. The third kappa shape index (κ3) is 1.92. The zero-order valence-corrected chi connectivity index (χ0v) is 8.16. The molecule has 0 amide bonds. The Morgan fingerprint density at radius 3 is 1.85 bits per heavy atom. The molecule has 0 radical (unpaired) electrons. The van der Waals surface area contributed by atoms with Crippen molar-refractivity contribution in [1.82, 2.24) is 0 Å². The van der Waals surface area contributed by atoms with E-state index in [0.717, 1.165) is 5.57 Å². The van der Waals surface area contributed by atoms with Crippen molar-refractivity contribution in [1.29, 1.82) is 0 Å². The molecular weight excluding hydrogens is 168 g/mol. The molecule has 13 heavy (non-hydrogen) atoms. The van der Waals surface area contributed by atoms with E-state index in [-0.39, 0.29) is 6.10 Å². The SMILES string of the molecule is C=C1C=C(OC)C(OC)C(OC)=C1. The van der Waals surface area contributed by atoms with Gasteiger partial charge in [0.1, 0.15) is 11.5 Å². The van der Waals surface area contributed by atoms with Crippen LogP contribution in [0.1, 0.15) is 0 Å². The lowest BCUT2D eigenvalue weighted by Gasteiger charge is -2.23. The van der Waals surface area contributed by atoms with E-state index in [4.69, 9.17) is 14.2 Å². The lowest BCUT2D eigenvalue weighted by atomic mass is 10.1. The summed E-state index contributed by atoms with van der Waals surface area (Å²) in [6.07, 6.45) is 3.41. The van der Waals surface area contributed by atoms with Gasteiger partial charge in [0.2, 0.25) is 0 Å². The molecule has 0 fully saturated rings. The maximum absolute atomic E-state index is 5.22. The van der Waals surface area contributed by atoms with Crippen molar-refractivity contribution >= 4 is 0 Å². The van der Waals surface area contributed by atoms with Crippen molar-refractivity contribution < 1.29 is 14.2 Å². The lowest BCUT2D eigenvalue weighted by Crippen LogP contribution is -2.22. The monoisotopic (exact) mass is 182 g/mol. The number of allylic oxidation sites excluding steroid dienone is 3. The average molecular weight is 182 g/mol. The third-order valence-electron chi connectivity index (χ3n) is 1.88. The summed E-state index contributed by atoms with van der Waals surface area (Å²) in [5, 5.41) is 0. The first-order chi connectivity index (χ1) is 6.22. The molecular formula is C10H14O3. The topological polar surface area (TPSA) is 27.7 Å². The molecule has 3 nitrogen and oxygen atoms in total. The predicted octanol–water partition coefficient (Wildman–Crippen LogP) is 1.63. The number of methoxy groups -OCH3 is 3. The highest BCUT2D eigenvalue weighted by atomic mass is 16.6. The van der Waals surface area contributed by atoms with Crippen LogP contribution in [0.3, 0.4) is 0 Å². The Hall–Kier alpha value is -1.22. The number of hydrogen-bond acceptors (Lipinski definition) is 3. The highest BCUT2D eigenvalue weighted by Gasteiger charge is 2.24. The van der Waals surface area contributed by atoms with Crippen LogP contribution in [-0.2, 0) is 14.2 Å². The molecule has 0 aromatic heterocycles. The van der Waals surface area contributed by atoms with Crippen LogP contribution in [-0.4, -0.2) is 27.4 Å². The fourth-order valence-corrected chi connectivity index (χ4v) is 1.26. The predicted molar refractivity (Wildman–Crippen MR) is 50.1 cm³/mol. The Bertz CT molecular complexity index is 239. The van der Waals surface area contributed by atoms with Gasteiger partial charge in [0.05, 0.1) is 14.2 Å². The van der Waals surface area contributed by atoms with Gasteiger partial charge in [-0.3, -0.25) is 0 Å². The molecule has 0 bridgehead atoms. The van der Waals surface area contributed by atoms with Crippen LogP contribution in [0.25, 0.3) is 0 Å². The Balaban J connectivity index is 2.93. The summed E-state index contributed by atoms with van der Waals surface area (Å²) in [6, 6.07) is 0. The molecule has 0 saturated carbocycles. The Morgan fingerprint density at radius 1 is 1.08 bits per heavy atom. The van der Waals surface area contributed by atoms with E-state index in [1.807, 2.05) is 12.2 Å². The van der Waals surface area contributed by atoms with Crippen LogP contribution < -0.4 is 0 Å². The molecule has 3 heteroatoms. The maximum Gasteiger partial charge on any atom is 0.171 e. The van der Waals surface area contributed by atoms with Crippen LogP contribution in [0, 0.1) is 0 Å². The normalized spacial score (nSPS) is 17.9.